The Balaban J connectivity index is 0. The van der Waals surface area contributed by atoms with Crippen molar-refractivity contribution < 1.29 is 33.3 Å². The molecule has 0 aliphatic heterocycles. The fraction of sp³-hybridized carbons (Fsp3) is 0.967. The van der Waals surface area contributed by atoms with E-state index in [4.69, 9.17) is 4.89 Å². The Labute approximate surface area is 247 Å². The molecule has 3 N–H and O–H groups in total. The Morgan fingerprint density at radius 3 is 1.57 bits per heavy atom. The van der Waals surface area contributed by atoms with E-state index >= 15 is 0 Å². The zero-order chi connectivity index (χ0) is 30.5. The number of quaternary nitrogens is 1. The summed E-state index contributed by atoms with van der Waals surface area (Å²) < 4.78 is 14.8. The zero-order valence-electron chi connectivity index (χ0n) is 26.8. The third-order valence-electron chi connectivity index (χ3n) is 6.76. The van der Waals surface area contributed by atoms with E-state index in [-0.39, 0.29) is 19.2 Å². The molecule has 0 aromatic carbocycles. The minimum absolute atomic E-state index is 0.0147. The van der Waals surface area contributed by atoms with E-state index in [1.807, 2.05) is 21.1 Å². The number of rotatable bonds is 26. The van der Waals surface area contributed by atoms with Crippen molar-refractivity contribution in [1.29, 1.82) is 0 Å². The van der Waals surface area contributed by atoms with Gasteiger partial charge in [-0.05, 0) is 12.8 Å². The topological polar surface area (TPSA) is 122 Å². The highest BCUT2D eigenvalue weighted by Gasteiger charge is 2.11. The van der Waals surface area contributed by atoms with Crippen molar-refractivity contribution >= 4 is 13.9 Å². The molecule has 10 heteroatoms. The molecule has 242 valence electrons. The number of hydrogen-bond donors (Lipinski definition) is 3. The van der Waals surface area contributed by atoms with Crippen molar-refractivity contribution in [3.8, 4) is 0 Å². The van der Waals surface area contributed by atoms with Crippen LogP contribution in [0.1, 0.15) is 129 Å². The third kappa shape index (κ3) is 35.3. The molecule has 0 spiro atoms. The molecule has 0 aromatic rings. The number of aliphatic hydroxyl groups excluding tert-OH is 1. The summed E-state index contributed by atoms with van der Waals surface area (Å²) in [7, 11) is 1.19. The van der Waals surface area contributed by atoms with Crippen LogP contribution in [-0.2, 0) is 9.09 Å². The molecule has 9 nitrogen and oxygen atoms in total. The molecular formula is C30H66N3O6P. The van der Waals surface area contributed by atoms with Gasteiger partial charge in [-0.3, -0.25) is 4.57 Å². The molecule has 0 heterocycles. The Hall–Kier alpha value is -0.700. The normalized spacial score (nSPS) is 12.9. The number of likely N-dealkylation sites (N-methyl/N-ethyl adjacent to an activating group) is 1. The molecule has 0 aliphatic rings. The quantitative estimate of drug-likeness (QED) is 0.0620. The SMILES string of the molecule is CCCCCCCCCCCCCCCCCCN(CCO)C(=O)NCCCC.C[N+](C)(C)CCOP(=O)([O-])O. The van der Waals surface area contributed by atoms with Gasteiger partial charge in [0.05, 0.1) is 27.7 Å². The number of phosphoric ester groups is 1. The van der Waals surface area contributed by atoms with E-state index in [0.29, 0.717) is 17.6 Å². The Kier molecular flexibility index (Phi) is 29.4. The number of urea groups is 1. The summed E-state index contributed by atoms with van der Waals surface area (Å²) in [5.74, 6) is 0. The van der Waals surface area contributed by atoms with Gasteiger partial charge in [0.15, 0.2) is 0 Å². The maximum Gasteiger partial charge on any atom is 0.317 e. The van der Waals surface area contributed by atoms with E-state index in [0.717, 1.165) is 32.4 Å². The number of hydrogen-bond acceptors (Lipinski definition) is 5. The van der Waals surface area contributed by atoms with Gasteiger partial charge in [-0.1, -0.05) is 117 Å². The summed E-state index contributed by atoms with van der Waals surface area (Å²) in [5.41, 5.74) is 0. The van der Waals surface area contributed by atoms with Crippen molar-refractivity contribution in [2.45, 2.75) is 129 Å². The highest BCUT2D eigenvalue weighted by atomic mass is 31.2. The van der Waals surface area contributed by atoms with E-state index in [1.54, 1.807) is 4.90 Å². The van der Waals surface area contributed by atoms with Gasteiger partial charge in [-0.2, -0.15) is 0 Å². The number of amides is 2. The van der Waals surface area contributed by atoms with Crippen LogP contribution in [0.4, 0.5) is 4.79 Å². The molecule has 0 saturated heterocycles. The molecule has 1 atom stereocenters. The number of unbranched alkanes of at least 4 members (excludes halogenated alkanes) is 16. The average molecular weight is 596 g/mol. The highest BCUT2D eigenvalue weighted by Crippen LogP contribution is 2.29. The molecule has 0 rings (SSSR count). The molecule has 40 heavy (non-hydrogen) atoms. The summed E-state index contributed by atoms with van der Waals surface area (Å²) in [5, 5.41) is 12.1. The summed E-state index contributed by atoms with van der Waals surface area (Å²) >= 11 is 0. The van der Waals surface area contributed by atoms with E-state index in [1.165, 1.54) is 96.3 Å². The van der Waals surface area contributed by atoms with Crippen LogP contribution in [0, 0.1) is 0 Å². The van der Waals surface area contributed by atoms with Crippen LogP contribution < -0.4 is 10.2 Å². The first-order valence-corrected chi connectivity index (χ1v) is 17.6. The first-order valence-electron chi connectivity index (χ1n) is 16.1. The van der Waals surface area contributed by atoms with Crippen molar-refractivity contribution in [2.24, 2.45) is 0 Å². The molecule has 2 amide bonds. The molecule has 0 aliphatic carbocycles. The lowest BCUT2D eigenvalue weighted by Crippen LogP contribution is -2.42. The van der Waals surface area contributed by atoms with Crippen molar-refractivity contribution in [3.63, 3.8) is 0 Å². The molecule has 0 bridgehead atoms. The lowest BCUT2D eigenvalue weighted by molar-refractivity contribution is -0.870. The van der Waals surface area contributed by atoms with Crippen LogP contribution >= 0.6 is 7.82 Å². The minimum atomic E-state index is -4.51. The number of aliphatic hydroxyl groups is 1. The average Bonchev–Trinajstić information content (AvgIpc) is 2.86. The van der Waals surface area contributed by atoms with Gasteiger partial charge in [0, 0.05) is 19.6 Å². The van der Waals surface area contributed by atoms with Gasteiger partial charge in [0.25, 0.3) is 7.82 Å². The van der Waals surface area contributed by atoms with Crippen LogP contribution in [0.3, 0.4) is 0 Å². The molecule has 0 fully saturated rings. The monoisotopic (exact) mass is 595 g/mol. The van der Waals surface area contributed by atoms with Gasteiger partial charge in [-0.25, -0.2) is 4.79 Å². The Bertz CT molecular complexity index is 598. The predicted octanol–water partition coefficient (Wildman–Crippen LogP) is 6.22. The van der Waals surface area contributed by atoms with Crippen molar-refractivity contribution in [2.75, 3.05) is 60.5 Å². The zero-order valence-corrected chi connectivity index (χ0v) is 27.7. The molecule has 1 unspecified atom stereocenters. The number of nitrogens with zero attached hydrogens (tertiary/aromatic N) is 2. The summed E-state index contributed by atoms with van der Waals surface area (Å²) in [4.78, 5) is 32.1. The van der Waals surface area contributed by atoms with E-state index in [2.05, 4.69) is 23.7 Å². The van der Waals surface area contributed by atoms with Gasteiger partial charge in [-0.15, -0.1) is 0 Å². The summed E-state index contributed by atoms with van der Waals surface area (Å²) in [6.07, 6.45) is 23.8. The van der Waals surface area contributed by atoms with Crippen LogP contribution in [0.2, 0.25) is 0 Å². The standard InChI is InChI=1S/C25H52N2O2.C5H14NO4P/c1-3-5-7-8-9-10-11-12-13-14-15-16-17-18-19-20-22-27(23-24-28)25(29)26-21-6-4-2;1-6(2,3)4-5-10-11(7,8)9/h28H,3-24H2,1-2H3,(H,26,29);4-5H2,1-3H3,(H-,7,8,9). The lowest BCUT2D eigenvalue weighted by Gasteiger charge is -2.25. The first kappa shape index (κ1) is 41.4. The smallest absolute Gasteiger partial charge is 0.317 e. The maximum atomic E-state index is 12.1. The van der Waals surface area contributed by atoms with E-state index < -0.39 is 7.82 Å². The van der Waals surface area contributed by atoms with E-state index in [9.17, 15) is 19.4 Å². The first-order chi connectivity index (χ1) is 19.0. The summed E-state index contributed by atoms with van der Waals surface area (Å²) in [6, 6.07) is -0.0199. The second kappa shape index (κ2) is 28.4. The summed E-state index contributed by atoms with van der Waals surface area (Å²) in [6.45, 7) is 6.93. The Morgan fingerprint density at radius 1 is 0.775 bits per heavy atom. The van der Waals surface area contributed by atoms with Crippen LogP contribution in [0.15, 0.2) is 0 Å². The Morgan fingerprint density at radius 2 is 1.20 bits per heavy atom. The number of carbonyl (C=O) groups is 1. The fourth-order valence-electron chi connectivity index (χ4n) is 4.20. The van der Waals surface area contributed by atoms with Gasteiger partial charge in [0.2, 0.25) is 0 Å². The van der Waals surface area contributed by atoms with Crippen molar-refractivity contribution in [3.05, 3.63) is 0 Å². The van der Waals surface area contributed by atoms with Gasteiger partial charge >= 0.3 is 6.03 Å². The molecule has 0 aromatic heterocycles. The van der Waals surface area contributed by atoms with Crippen molar-refractivity contribution in [1.82, 2.24) is 10.2 Å². The van der Waals surface area contributed by atoms with Crippen LogP contribution in [-0.4, -0.2) is 85.9 Å². The van der Waals surface area contributed by atoms with Gasteiger partial charge in [0.1, 0.15) is 13.2 Å². The molecule has 0 saturated carbocycles. The lowest BCUT2D eigenvalue weighted by atomic mass is 10.0. The largest absolute Gasteiger partial charge is 0.756 e. The second-order valence-corrected chi connectivity index (χ2v) is 13.1. The fourth-order valence-corrected chi connectivity index (χ4v) is 4.51. The number of carbonyl (C=O) groups excluding carboxylic acids is 1. The number of phosphoric acid groups is 1. The van der Waals surface area contributed by atoms with Crippen LogP contribution in [0.5, 0.6) is 0 Å². The molecular weight excluding hydrogens is 529 g/mol. The predicted molar refractivity (Wildman–Crippen MR) is 165 cm³/mol. The third-order valence-corrected chi connectivity index (χ3v) is 7.27. The second-order valence-electron chi connectivity index (χ2n) is 11.9. The maximum absolute atomic E-state index is 12.1. The minimum Gasteiger partial charge on any atom is -0.756 e. The highest BCUT2D eigenvalue weighted by molar-refractivity contribution is 7.44. The molecule has 0 radical (unpaired) electrons. The number of nitrogens with one attached hydrogen (secondary N) is 1. The van der Waals surface area contributed by atoms with Gasteiger partial charge < -0.3 is 34.1 Å². The van der Waals surface area contributed by atoms with Crippen LogP contribution in [0.25, 0.3) is 0 Å².